The van der Waals surface area contributed by atoms with Crippen LogP contribution in [0.25, 0.3) is 0 Å². The van der Waals surface area contributed by atoms with Gasteiger partial charge in [0.25, 0.3) is 0 Å². The van der Waals surface area contributed by atoms with Crippen LogP contribution in [0.3, 0.4) is 0 Å². The largest absolute Gasteiger partial charge is 0.255 e. The molecule has 0 unspecified atom stereocenters. The maximum atomic E-state index is 6.00. The predicted octanol–water partition coefficient (Wildman–Crippen LogP) is 0.435. The normalized spacial score (nSPS) is 3.86. The Morgan fingerprint density at radius 3 is 1.43 bits per heavy atom. The first-order valence-electron chi connectivity index (χ1n) is 1.24. The van der Waals surface area contributed by atoms with Gasteiger partial charge in [0.05, 0.1) is 0 Å². The molecule has 0 aromatic rings. The van der Waals surface area contributed by atoms with Gasteiger partial charge >= 0.3 is 0 Å². The zero-order valence-corrected chi connectivity index (χ0v) is 4.93. The summed E-state index contributed by atoms with van der Waals surface area (Å²) in [5.74, 6) is 0. The Morgan fingerprint density at radius 2 is 1.43 bits per heavy atom. The minimum Gasteiger partial charge on any atom is -0.255 e. The van der Waals surface area contributed by atoms with Crippen LogP contribution in [0.15, 0.2) is 0 Å². The van der Waals surface area contributed by atoms with Gasteiger partial charge in [-0.2, -0.15) is 0 Å². The Hall–Kier alpha value is 0.545. The SMILES string of the molecule is Cl.OO.OO.[2H][B]S.[HH]. The maximum absolute atomic E-state index is 6.00. The molecule has 0 aliphatic carbocycles. The summed E-state index contributed by atoms with van der Waals surface area (Å²) in [4.78, 5) is 0. The van der Waals surface area contributed by atoms with Gasteiger partial charge in [-0.05, 0) is 1.34 Å². The van der Waals surface area contributed by atoms with Gasteiger partial charge in [0.1, 0.15) is 0 Å². The average molecular weight is 152 g/mol. The van der Waals surface area contributed by atoms with Crippen LogP contribution < -0.4 is 0 Å². The molecule has 0 aliphatic heterocycles. The lowest BCUT2D eigenvalue weighted by Gasteiger charge is -1.25. The van der Waals surface area contributed by atoms with Crippen molar-refractivity contribution in [3.05, 3.63) is 0 Å². The highest BCUT2D eigenvalue weighted by Gasteiger charge is 0.983. The molecule has 0 aromatic heterocycles. The van der Waals surface area contributed by atoms with Crippen molar-refractivity contribution in [1.82, 2.24) is 0 Å². The lowest BCUT2D eigenvalue weighted by Crippen LogP contribution is -1.29. The van der Waals surface area contributed by atoms with E-state index in [-0.39, 0.29) is 13.8 Å². The molecule has 7 heavy (non-hydrogen) atoms. The van der Waals surface area contributed by atoms with Crippen molar-refractivity contribution in [3.8, 4) is 0 Å². The summed E-state index contributed by atoms with van der Waals surface area (Å²) in [6, 6.07) is 0. The molecule has 0 amide bonds. The van der Waals surface area contributed by atoms with Crippen molar-refractivity contribution in [2.24, 2.45) is 0 Å². The molecule has 0 saturated heterocycles. The van der Waals surface area contributed by atoms with Gasteiger partial charge in [-0.3, -0.25) is 21.0 Å². The Balaban J connectivity index is -0.00000000825. The van der Waals surface area contributed by atoms with E-state index >= 15 is 0 Å². The van der Waals surface area contributed by atoms with Crippen LogP contribution in [0.4, 0.5) is 0 Å². The van der Waals surface area contributed by atoms with Crippen LogP contribution >= 0.6 is 24.9 Å². The fraction of sp³-hybridized carbons (Fsp3) is 0. The van der Waals surface area contributed by atoms with E-state index in [1.807, 2.05) is 0 Å². The first kappa shape index (κ1) is 15.6. The topological polar surface area (TPSA) is 80.9 Å². The van der Waals surface area contributed by atoms with Crippen molar-refractivity contribution in [3.63, 3.8) is 0 Å². The minimum atomic E-state index is 0. The van der Waals surface area contributed by atoms with Crippen LogP contribution in [0.1, 0.15) is 1.43 Å². The van der Waals surface area contributed by atoms with E-state index in [2.05, 4.69) is 12.5 Å². The van der Waals surface area contributed by atoms with E-state index in [1.54, 1.807) is 0 Å². The van der Waals surface area contributed by atoms with E-state index in [0.717, 1.165) is 7.09 Å². The maximum Gasteiger partial charge on any atom is 0.165 e. The van der Waals surface area contributed by atoms with Gasteiger partial charge in [0.15, 0.2) is 7.09 Å². The Kier molecular flexibility index (Phi) is 1510. The lowest BCUT2D eigenvalue weighted by atomic mass is 10.8. The van der Waals surface area contributed by atoms with Gasteiger partial charge in [-0.25, -0.2) is 12.5 Å². The first-order valence-corrected chi connectivity index (χ1v) is 1.17. The molecule has 0 atom stereocenters. The Labute approximate surface area is 56.6 Å². The Bertz CT molecular complexity index is 18.5. The molecule has 0 bridgehead atoms. The first-order chi connectivity index (χ1) is 3.41. The van der Waals surface area contributed by atoms with Crippen molar-refractivity contribution in [2.45, 2.75) is 0 Å². The molecule has 0 fully saturated rings. The molecule has 49 valence electrons. The number of rotatable bonds is 0. The molecule has 0 saturated carbocycles. The highest BCUT2D eigenvalue weighted by molar-refractivity contribution is 8.03. The molecule has 4 N–H and O–H groups in total. The zero-order valence-electron chi connectivity index (χ0n) is 4.22. The molecule has 7 heteroatoms. The number of thiol groups is 1. The highest BCUT2D eigenvalue weighted by Crippen LogP contribution is 1.26. The van der Waals surface area contributed by atoms with Crippen LogP contribution in [0, 0.1) is 0 Å². The van der Waals surface area contributed by atoms with Crippen molar-refractivity contribution >= 4 is 32.0 Å². The number of hydrogen-bond donors (Lipinski definition) is 5. The lowest BCUT2D eigenvalue weighted by molar-refractivity contribution is -0.176. The molecular formula is H9BClO4S. The summed E-state index contributed by atoms with van der Waals surface area (Å²) < 4.78 is 5.95. The third-order valence-electron chi connectivity index (χ3n) is 0. The van der Waals surface area contributed by atoms with Crippen LogP contribution in [0.2, 0.25) is 0 Å². The number of hydrogen-bond acceptors (Lipinski definition) is 5. The van der Waals surface area contributed by atoms with E-state index in [1.165, 1.54) is 0 Å². The molecule has 0 heterocycles. The number of halogens is 1. The zero-order chi connectivity index (χ0) is 6.71. The van der Waals surface area contributed by atoms with Gasteiger partial charge in [-0.15, -0.1) is 12.4 Å². The van der Waals surface area contributed by atoms with Gasteiger partial charge in [0.2, 0.25) is 0 Å². The highest BCUT2D eigenvalue weighted by atomic mass is 35.5. The third kappa shape index (κ3) is 455. The van der Waals surface area contributed by atoms with E-state index < -0.39 is 0 Å². The third-order valence-corrected chi connectivity index (χ3v) is 0. The predicted molar refractivity (Wildman–Crippen MR) is 36.0 cm³/mol. The molecule has 0 aliphatic rings. The molecule has 0 aromatic carbocycles. The summed E-state index contributed by atoms with van der Waals surface area (Å²) >= 11 is 3.33. The molecular weight excluding hydrogens is 142 g/mol. The Morgan fingerprint density at radius 1 is 1.43 bits per heavy atom. The summed E-state index contributed by atoms with van der Waals surface area (Å²) in [7, 11) is 0.944. The second-order valence-corrected chi connectivity index (χ2v) is 0. The summed E-state index contributed by atoms with van der Waals surface area (Å²) in [5, 5.41) is 24.0. The average Bonchev–Trinajstić information content (AvgIpc) is 1.78. The fourth-order valence-corrected chi connectivity index (χ4v) is 0. The van der Waals surface area contributed by atoms with Crippen molar-refractivity contribution in [1.29, 1.82) is 1.34 Å². The quantitative estimate of drug-likeness (QED) is 0.151. The van der Waals surface area contributed by atoms with Gasteiger partial charge in [0, 0.05) is 1.43 Å². The molecule has 4 nitrogen and oxygen atoms in total. The van der Waals surface area contributed by atoms with E-state index in [0.29, 0.717) is 0 Å². The van der Waals surface area contributed by atoms with Crippen LogP contribution in [-0.2, 0) is 0 Å². The monoisotopic (exact) mass is 152 g/mol. The van der Waals surface area contributed by atoms with E-state index in [4.69, 9.17) is 22.4 Å². The van der Waals surface area contributed by atoms with Gasteiger partial charge < -0.3 is 0 Å². The summed E-state index contributed by atoms with van der Waals surface area (Å²) in [6.45, 7) is 0. The summed E-state index contributed by atoms with van der Waals surface area (Å²) in [5.41, 5.74) is 0. The van der Waals surface area contributed by atoms with Crippen LogP contribution in [-0.4, -0.2) is 29.5 Å². The molecule has 1 radical (unpaired) electrons. The minimum absolute atomic E-state index is 0. The smallest absolute Gasteiger partial charge is 0.165 e. The van der Waals surface area contributed by atoms with Crippen LogP contribution in [0.5, 0.6) is 0 Å². The standard InChI is InChI=1S/BH2S.ClH.2H2O2.H2/c1-2;;2*1-2;/h1-2H;1H;2*1-2H;1H/i1D;;;;. The van der Waals surface area contributed by atoms with E-state index in [9.17, 15) is 0 Å². The second kappa shape index (κ2) is 678. The molecule has 0 spiro atoms. The summed E-state index contributed by atoms with van der Waals surface area (Å²) in [6.07, 6.45) is 0. The second-order valence-electron chi connectivity index (χ2n) is 0. The van der Waals surface area contributed by atoms with Gasteiger partial charge in [-0.1, -0.05) is 0 Å². The fourth-order valence-electron chi connectivity index (χ4n) is 0. The van der Waals surface area contributed by atoms with Crippen molar-refractivity contribution < 1.29 is 22.5 Å². The molecule has 0 rings (SSSR count). The van der Waals surface area contributed by atoms with Crippen molar-refractivity contribution in [2.75, 3.05) is 0 Å².